The predicted octanol–water partition coefficient (Wildman–Crippen LogP) is 2.54. The Morgan fingerprint density at radius 3 is 2.38 bits per heavy atom. The van der Waals surface area contributed by atoms with Crippen LogP contribution in [0, 0.1) is 20.8 Å². The maximum absolute atomic E-state index is 5.89. The summed E-state index contributed by atoms with van der Waals surface area (Å²) >= 11 is 3.42. The lowest BCUT2D eigenvalue weighted by Crippen LogP contribution is -2.03. The number of pyridine rings is 1. The van der Waals surface area contributed by atoms with Crippen LogP contribution in [0.1, 0.15) is 17.1 Å². The lowest BCUT2D eigenvalue weighted by molar-refractivity contribution is 0.801. The first-order chi connectivity index (χ1) is 7.50. The van der Waals surface area contributed by atoms with Crippen LogP contribution in [0.25, 0.3) is 5.82 Å². The van der Waals surface area contributed by atoms with Gasteiger partial charge in [0.1, 0.15) is 0 Å². The van der Waals surface area contributed by atoms with Crippen molar-refractivity contribution in [3.05, 3.63) is 33.7 Å². The van der Waals surface area contributed by atoms with Gasteiger partial charge in [-0.25, -0.2) is 9.67 Å². The molecule has 2 aromatic heterocycles. The number of nitrogens with two attached hydrogens (primary N) is 1. The topological polar surface area (TPSA) is 56.7 Å². The highest BCUT2D eigenvalue weighted by Crippen LogP contribution is 2.20. The Bertz CT molecular complexity index is 545. The van der Waals surface area contributed by atoms with Crippen LogP contribution in [0.15, 0.2) is 16.6 Å². The van der Waals surface area contributed by atoms with Crippen molar-refractivity contribution in [3.63, 3.8) is 0 Å². The normalized spacial score (nSPS) is 10.8. The van der Waals surface area contributed by atoms with E-state index >= 15 is 0 Å². The van der Waals surface area contributed by atoms with E-state index in [1.165, 1.54) is 0 Å². The number of aryl methyl sites for hydroxylation is 2. The summed E-state index contributed by atoms with van der Waals surface area (Å²) in [6.07, 6.45) is 0. The Labute approximate surface area is 103 Å². The molecule has 0 bridgehead atoms. The minimum absolute atomic E-state index is 0.724. The molecule has 4 nitrogen and oxygen atoms in total. The second-order valence-electron chi connectivity index (χ2n) is 3.73. The highest BCUT2D eigenvalue weighted by Gasteiger charge is 2.11. The van der Waals surface area contributed by atoms with Crippen LogP contribution in [-0.4, -0.2) is 14.8 Å². The molecular formula is C11H13BrN4. The summed E-state index contributed by atoms with van der Waals surface area (Å²) in [5.74, 6) is 0.790. The van der Waals surface area contributed by atoms with E-state index in [2.05, 4.69) is 26.0 Å². The molecule has 0 aromatic carbocycles. The van der Waals surface area contributed by atoms with E-state index in [1.54, 1.807) is 4.68 Å². The van der Waals surface area contributed by atoms with Gasteiger partial charge >= 0.3 is 0 Å². The van der Waals surface area contributed by atoms with Gasteiger partial charge in [0.05, 0.1) is 22.8 Å². The summed E-state index contributed by atoms with van der Waals surface area (Å²) in [7, 11) is 0. The van der Waals surface area contributed by atoms with Crippen molar-refractivity contribution < 1.29 is 0 Å². The molecule has 0 saturated carbocycles. The Morgan fingerprint density at radius 1 is 1.19 bits per heavy atom. The zero-order chi connectivity index (χ0) is 11.9. The minimum Gasteiger partial charge on any atom is -0.396 e. The van der Waals surface area contributed by atoms with Gasteiger partial charge < -0.3 is 5.73 Å². The van der Waals surface area contributed by atoms with E-state index < -0.39 is 0 Å². The Hall–Kier alpha value is -1.36. The molecule has 0 amide bonds. The van der Waals surface area contributed by atoms with Crippen molar-refractivity contribution >= 4 is 21.6 Å². The zero-order valence-electron chi connectivity index (χ0n) is 9.45. The lowest BCUT2D eigenvalue weighted by atomic mass is 10.3. The van der Waals surface area contributed by atoms with Crippen LogP contribution < -0.4 is 5.73 Å². The average Bonchev–Trinajstić information content (AvgIpc) is 2.50. The second kappa shape index (κ2) is 3.90. The fraction of sp³-hybridized carbons (Fsp3) is 0.273. The summed E-state index contributed by atoms with van der Waals surface area (Å²) in [5.41, 5.74) is 9.30. The molecule has 2 N–H and O–H groups in total. The first-order valence-corrected chi connectivity index (χ1v) is 5.75. The van der Waals surface area contributed by atoms with Gasteiger partial charge in [0.25, 0.3) is 0 Å². The first-order valence-electron chi connectivity index (χ1n) is 4.96. The molecule has 0 atom stereocenters. The van der Waals surface area contributed by atoms with Crippen molar-refractivity contribution in [1.82, 2.24) is 14.8 Å². The van der Waals surface area contributed by atoms with E-state index in [0.717, 1.165) is 33.1 Å². The molecule has 0 fully saturated rings. The number of aromatic nitrogens is 3. The van der Waals surface area contributed by atoms with Crippen molar-refractivity contribution in [1.29, 1.82) is 0 Å². The van der Waals surface area contributed by atoms with Gasteiger partial charge in [0.2, 0.25) is 0 Å². The van der Waals surface area contributed by atoms with Gasteiger partial charge in [-0.2, -0.15) is 5.10 Å². The van der Waals surface area contributed by atoms with E-state index in [1.807, 2.05) is 32.9 Å². The fourth-order valence-electron chi connectivity index (χ4n) is 1.53. The highest BCUT2D eigenvalue weighted by atomic mass is 79.9. The molecule has 0 spiro atoms. The molecule has 16 heavy (non-hydrogen) atoms. The number of hydrogen-bond acceptors (Lipinski definition) is 3. The zero-order valence-corrected chi connectivity index (χ0v) is 11.0. The quantitative estimate of drug-likeness (QED) is 0.873. The molecule has 2 rings (SSSR count). The standard InChI is InChI=1S/C11H13BrN4/c1-6-9(12)4-5-10(14-6)16-8(3)11(13)7(2)15-16/h4-5H,13H2,1-3H3. The van der Waals surface area contributed by atoms with E-state index in [-0.39, 0.29) is 0 Å². The van der Waals surface area contributed by atoms with Crippen molar-refractivity contribution in [2.24, 2.45) is 0 Å². The Kier molecular flexibility index (Phi) is 2.71. The smallest absolute Gasteiger partial charge is 0.154 e. The predicted molar refractivity (Wildman–Crippen MR) is 67.7 cm³/mol. The highest BCUT2D eigenvalue weighted by molar-refractivity contribution is 9.10. The third kappa shape index (κ3) is 1.71. The van der Waals surface area contributed by atoms with Gasteiger partial charge in [-0.15, -0.1) is 0 Å². The van der Waals surface area contributed by atoms with E-state index in [0.29, 0.717) is 0 Å². The van der Waals surface area contributed by atoms with Gasteiger partial charge in [0, 0.05) is 4.47 Å². The molecule has 0 saturated heterocycles. The molecule has 2 heterocycles. The van der Waals surface area contributed by atoms with Crippen LogP contribution in [0.3, 0.4) is 0 Å². The summed E-state index contributed by atoms with van der Waals surface area (Å²) in [5, 5.41) is 4.36. The minimum atomic E-state index is 0.724. The van der Waals surface area contributed by atoms with Gasteiger partial charge in [-0.1, -0.05) is 0 Å². The number of anilines is 1. The molecule has 0 aliphatic rings. The molecule has 84 valence electrons. The molecule has 5 heteroatoms. The number of rotatable bonds is 1. The maximum atomic E-state index is 5.89. The number of nitrogen functional groups attached to an aromatic ring is 1. The molecule has 0 aliphatic heterocycles. The SMILES string of the molecule is Cc1nc(-n2nc(C)c(N)c2C)ccc1Br. The average molecular weight is 281 g/mol. The van der Waals surface area contributed by atoms with Crippen LogP contribution in [0.2, 0.25) is 0 Å². The summed E-state index contributed by atoms with van der Waals surface area (Å²) in [4.78, 5) is 4.46. The van der Waals surface area contributed by atoms with Crippen LogP contribution >= 0.6 is 15.9 Å². The number of hydrogen-bond donors (Lipinski definition) is 1. The summed E-state index contributed by atoms with van der Waals surface area (Å²) in [6.45, 7) is 5.78. The second-order valence-corrected chi connectivity index (χ2v) is 4.59. The lowest BCUT2D eigenvalue weighted by Gasteiger charge is -2.05. The largest absolute Gasteiger partial charge is 0.396 e. The molecule has 0 unspecified atom stereocenters. The number of halogens is 1. The van der Waals surface area contributed by atoms with Crippen LogP contribution in [0.4, 0.5) is 5.69 Å². The third-order valence-electron chi connectivity index (χ3n) is 2.57. The third-order valence-corrected chi connectivity index (χ3v) is 3.41. The summed E-state index contributed by atoms with van der Waals surface area (Å²) in [6, 6.07) is 3.88. The maximum Gasteiger partial charge on any atom is 0.154 e. The van der Waals surface area contributed by atoms with E-state index in [4.69, 9.17) is 5.73 Å². The van der Waals surface area contributed by atoms with Crippen molar-refractivity contribution in [2.45, 2.75) is 20.8 Å². The monoisotopic (exact) mass is 280 g/mol. The van der Waals surface area contributed by atoms with Crippen LogP contribution in [0.5, 0.6) is 0 Å². The molecule has 0 aliphatic carbocycles. The Morgan fingerprint density at radius 2 is 1.88 bits per heavy atom. The van der Waals surface area contributed by atoms with Crippen LogP contribution in [-0.2, 0) is 0 Å². The summed E-state index contributed by atoms with van der Waals surface area (Å²) < 4.78 is 2.76. The molecular weight excluding hydrogens is 268 g/mol. The first kappa shape index (κ1) is 11.1. The van der Waals surface area contributed by atoms with Gasteiger partial charge in [-0.3, -0.25) is 0 Å². The molecule has 2 aromatic rings. The van der Waals surface area contributed by atoms with Gasteiger partial charge in [-0.05, 0) is 48.8 Å². The van der Waals surface area contributed by atoms with E-state index in [9.17, 15) is 0 Å². The fourth-order valence-corrected chi connectivity index (χ4v) is 1.75. The molecule has 0 radical (unpaired) electrons. The number of nitrogens with zero attached hydrogens (tertiary/aromatic N) is 3. The van der Waals surface area contributed by atoms with Gasteiger partial charge in [0.15, 0.2) is 5.82 Å². The van der Waals surface area contributed by atoms with Crippen molar-refractivity contribution in [2.75, 3.05) is 5.73 Å². The van der Waals surface area contributed by atoms with Crippen molar-refractivity contribution in [3.8, 4) is 5.82 Å². The Balaban J connectivity index is 2.59.